The molecular weight excluding hydrogens is 310 g/mol. The van der Waals surface area contributed by atoms with Crippen molar-refractivity contribution in [3.8, 4) is 0 Å². The number of aliphatic hydroxyl groups is 2. The van der Waals surface area contributed by atoms with Gasteiger partial charge in [-0.05, 0) is 23.5 Å². The van der Waals surface area contributed by atoms with E-state index in [0.29, 0.717) is 23.0 Å². The van der Waals surface area contributed by atoms with E-state index in [4.69, 9.17) is 4.43 Å². The van der Waals surface area contributed by atoms with Gasteiger partial charge in [-0.15, -0.1) is 0 Å². The highest BCUT2D eigenvalue weighted by Crippen LogP contribution is 2.44. The first-order chi connectivity index (χ1) is 10.6. The van der Waals surface area contributed by atoms with Gasteiger partial charge in [0.15, 0.2) is 12.3 Å². The number of hydrogen-bond acceptors (Lipinski definition) is 4. The molecule has 0 bridgehead atoms. The minimum atomic E-state index is -2.11. The zero-order valence-electron chi connectivity index (χ0n) is 15.7. The molecule has 1 heterocycles. The SMILES string of the molecule is CC(C)[Si](O[C@H]1CC=[N+]([O-])[C@@H]1[C@@H](CO)[C@H](C)O)(C(C)C)C(C)C. The quantitative estimate of drug-likeness (QED) is 0.403. The molecule has 0 unspecified atom stereocenters. The number of hydroxylamine groups is 1. The lowest BCUT2D eigenvalue weighted by molar-refractivity contribution is -0.511. The summed E-state index contributed by atoms with van der Waals surface area (Å²) in [6.07, 6.45) is 1.16. The summed E-state index contributed by atoms with van der Waals surface area (Å²) in [6, 6.07) is -0.511. The molecule has 4 atom stereocenters. The van der Waals surface area contributed by atoms with Crippen LogP contribution in [0.4, 0.5) is 0 Å². The Morgan fingerprint density at radius 1 is 1.13 bits per heavy atom. The van der Waals surface area contributed by atoms with Crippen molar-refractivity contribution < 1.29 is 19.4 Å². The highest BCUT2D eigenvalue weighted by molar-refractivity contribution is 6.77. The predicted molar refractivity (Wildman–Crippen MR) is 96.3 cm³/mol. The molecule has 0 saturated heterocycles. The third-order valence-corrected chi connectivity index (χ3v) is 11.6. The molecule has 2 N–H and O–H groups in total. The van der Waals surface area contributed by atoms with Crippen molar-refractivity contribution in [3.63, 3.8) is 0 Å². The Hall–Kier alpha value is -0.433. The molecule has 1 rings (SSSR count). The van der Waals surface area contributed by atoms with Crippen LogP contribution in [-0.4, -0.2) is 54.3 Å². The standard InChI is InChI=1S/C17H35NO4Si/c1-11(2)23(12(3)4,13(5)6)22-16-8-9-18(21)17(16)15(10-19)14(7)20/h9,11-17,19-20H,8,10H2,1-7H3/t14-,15-,16-,17+/m0/s1. The predicted octanol–water partition coefficient (Wildman–Crippen LogP) is 2.89. The van der Waals surface area contributed by atoms with Crippen LogP contribution in [0, 0.1) is 11.1 Å². The largest absolute Gasteiger partial charge is 0.624 e. The van der Waals surface area contributed by atoms with Crippen LogP contribution in [0.15, 0.2) is 0 Å². The Morgan fingerprint density at radius 3 is 1.96 bits per heavy atom. The molecule has 0 radical (unpaired) electrons. The van der Waals surface area contributed by atoms with Gasteiger partial charge in [-0.25, -0.2) is 4.74 Å². The maximum atomic E-state index is 12.3. The average Bonchev–Trinajstić information content (AvgIpc) is 2.77. The summed E-state index contributed by atoms with van der Waals surface area (Å²) in [5, 5.41) is 31.8. The van der Waals surface area contributed by atoms with E-state index in [0.717, 1.165) is 4.74 Å². The van der Waals surface area contributed by atoms with Crippen molar-refractivity contribution in [2.45, 2.75) is 89.8 Å². The maximum absolute atomic E-state index is 12.3. The molecule has 0 aliphatic carbocycles. The fraction of sp³-hybridized carbons (Fsp3) is 0.941. The first kappa shape index (κ1) is 20.6. The second-order valence-electron chi connectivity index (χ2n) is 7.83. The van der Waals surface area contributed by atoms with E-state index in [1.807, 2.05) is 0 Å². The zero-order chi connectivity index (χ0) is 17.9. The van der Waals surface area contributed by atoms with E-state index >= 15 is 0 Å². The molecular formula is C17H35NO4Si. The van der Waals surface area contributed by atoms with Crippen LogP contribution in [-0.2, 0) is 4.43 Å². The van der Waals surface area contributed by atoms with Crippen LogP contribution >= 0.6 is 0 Å². The molecule has 0 saturated carbocycles. The van der Waals surface area contributed by atoms with E-state index in [-0.39, 0.29) is 12.7 Å². The molecule has 0 fully saturated rings. The van der Waals surface area contributed by atoms with Crippen LogP contribution in [0.5, 0.6) is 0 Å². The molecule has 1 aliphatic rings. The fourth-order valence-corrected chi connectivity index (χ4v) is 10.0. The normalized spacial score (nSPS) is 25.3. The second kappa shape index (κ2) is 8.10. The maximum Gasteiger partial charge on any atom is 0.201 e. The molecule has 6 heteroatoms. The Morgan fingerprint density at radius 2 is 1.61 bits per heavy atom. The molecule has 0 amide bonds. The first-order valence-electron chi connectivity index (χ1n) is 8.85. The highest BCUT2D eigenvalue weighted by atomic mass is 28.4. The summed E-state index contributed by atoms with van der Waals surface area (Å²) in [5.74, 6) is -0.491. The number of hydrogen-bond donors (Lipinski definition) is 2. The van der Waals surface area contributed by atoms with Gasteiger partial charge in [0.2, 0.25) is 8.32 Å². The molecule has 0 aromatic carbocycles. The lowest BCUT2D eigenvalue weighted by Gasteiger charge is -2.45. The van der Waals surface area contributed by atoms with E-state index < -0.39 is 26.4 Å². The Labute approximate surface area is 142 Å². The van der Waals surface area contributed by atoms with Crippen molar-refractivity contribution in [1.29, 1.82) is 0 Å². The van der Waals surface area contributed by atoms with E-state index in [2.05, 4.69) is 41.5 Å². The molecule has 136 valence electrons. The van der Waals surface area contributed by atoms with Gasteiger partial charge in [-0.2, -0.15) is 0 Å². The van der Waals surface area contributed by atoms with Crippen molar-refractivity contribution >= 4 is 14.5 Å². The zero-order valence-corrected chi connectivity index (χ0v) is 16.7. The topological polar surface area (TPSA) is 75.8 Å². The monoisotopic (exact) mass is 345 g/mol. The minimum absolute atomic E-state index is 0.214. The first-order valence-corrected chi connectivity index (χ1v) is 11.0. The lowest BCUT2D eigenvalue weighted by atomic mass is 9.92. The molecule has 1 aliphatic heterocycles. The minimum Gasteiger partial charge on any atom is -0.624 e. The van der Waals surface area contributed by atoms with Gasteiger partial charge < -0.3 is 19.8 Å². The third kappa shape index (κ3) is 3.98. The summed E-state index contributed by atoms with van der Waals surface area (Å²) in [4.78, 5) is 0. The van der Waals surface area contributed by atoms with E-state index in [9.17, 15) is 15.4 Å². The second-order valence-corrected chi connectivity index (χ2v) is 13.2. The molecule has 0 aromatic heterocycles. The Balaban J connectivity index is 3.13. The molecule has 0 spiro atoms. The average molecular weight is 346 g/mol. The smallest absolute Gasteiger partial charge is 0.201 e. The summed E-state index contributed by atoms with van der Waals surface area (Å²) in [6.45, 7) is 14.7. The number of nitrogens with zero attached hydrogens (tertiary/aromatic N) is 1. The van der Waals surface area contributed by atoms with Gasteiger partial charge in [-0.1, -0.05) is 41.5 Å². The van der Waals surface area contributed by atoms with Gasteiger partial charge in [0.05, 0.1) is 25.0 Å². The summed E-state index contributed by atoms with van der Waals surface area (Å²) < 4.78 is 7.63. The van der Waals surface area contributed by atoms with Crippen LogP contribution < -0.4 is 0 Å². The fourth-order valence-electron chi connectivity index (χ4n) is 4.43. The lowest BCUT2D eigenvalue weighted by Crippen LogP contribution is -2.54. The Bertz CT molecular complexity index is 388. The highest BCUT2D eigenvalue weighted by Gasteiger charge is 2.51. The van der Waals surface area contributed by atoms with Gasteiger partial charge in [0.1, 0.15) is 6.10 Å². The Kier molecular flexibility index (Phi) is 7.26. The summed E-state index contributed by atoms with van der Waals surface area (Å²) in [5.41, 5.74) is 1.30. The van der Waals surface area contributed by atoms with Crippen molar-refractivity contribution in [2.75, 3.05) is 6.61 Å². The van der Waals surface area contributed by atoms with E-state index in [1.165, 1.54) is 0 Å². The van der Waals surface area contributed by atoms with E-state index in [1.54, 1.807) is 13.1 Å². The molecule has 5 nitrogen and oxygen atoms in total. The summed E-state index contributed by atoms with van der Waals surface area (Å²) in [7, 11) is -2.11. The number of rotatable bonds is 8. The van der Waals surface area contributed by atoms with Crippen molar-refractivity contribution in [2.24, 2.45) is 5.92 Å². The van der Waals surface area contributed by atoms with Gasteiger partial charge in [-0.3, -0.25) is 0 Å². The van der Waals surface area contributed by atoms with Gasteiger partial charge in [0.25, 0.3) is 0 Å². The molecule has 23 heavy (non-hydrogen) atoms. The number of aliphatic hydroxyl groups excluding tert-OH is 2. The van der Waals surface area contributed by atoms with Crippen LogP contribution in [0.3, 0.4) is 0 Å². The van der Waals surface area contributed by atoms with Crippen LogP contribution in [0.25, 0.3) is 0 Å². The van der Waals surface area contributed by atoms with Crippen LogP contribution in [0.1, 0.15) is 54.9 Å². The summed E-state index contributed by atoms with van der Waals surface area (Å²) >= 11 is 0. The van der Waals surface area contributed by atoms with Crippen molar-refractivity contribution in [3.05, 3.63) is 5.21 Å². The third-order valence-electron chi connectivity index (χ3n) is 5.52. The van der Waals surface area contributed by atoms with Gasteiger partial charge >= 0.3 is 0 Å². The van der Waals surface area contributed by atoms with Gasteiger partial charge in [0, 0.05) is 0 Å². The van der Waals surface area contributed by atoms with Crippen molar-refractivity contribution in [1.82, 2.24) is 0 Å². The van der Waals surface area contributed by atoms with Crippen LogP contribution in [0.2, 0.25) is 16.6 Å². The molecule has 0 aromatic rings.